The summed E-state index contributed by atoms with van der Waals surface area (Å²) in [6.45, 7) is 9.72. The van der Waals surface area contributed by atoms with Crippen molar-refractivity contribution in [2.75, 3.05) is 16.8 Å². The molecule has 2 aromatic rings. The summed E-state index contributed by atoms with van der Waals surface area (Å²) in [6.07, 6.45) is 2.28. The first kappa shape index (κ1) is 21.9. The number of hydrogen-bond donors (Lipinski definition) is 2. The molecule has 0 aromatic heterocycles. The highest BCUT2D eigenvalue weighted by molar-refractivity contribution is 6.02. The van der Waals surface area contributed by atoms with E-state index in [1.165, 1.54) is 11.1 Å². The zero-order valence-electron chi connectivity index (χ0n) is 18.5. The SMILES string of the molecule is CC[C@H](C)NC(=O)c1cc(NC(=O)CC(C)C)ccc1N1CCc2ccccc2C1. The molecule has 0 radical (unpaired) electrons. The summed E-state index contributed by atoms with van der Waals surface area (Å²) >= 11 is 0. The summed E-state index contributed by atoms with van der Waals surface area (Å²) in [4.78, 5) is 27.6. The number of anilines is 2. The van der Waals surface area contributed by atoms with Crippen LogP contribution in [-0.2, 0) is 17.8 Å². The van der Waals surface area contributed by atoms with Gasteiger partial charge in [0.1, 0.15) is 0 Å². The average molecular weight is 408 g/mol. The monoisotopic (exact) mass is 407 g/mol. The molecule has 30 heavy (non-hydrogen) atoms. The van der Waals surface area contributed by atoms with Gasteiger partial charge in [-0.05, 0) is 55.0 Å². The maximum absolute atomic E-state index is 13.1. The number of rotatable bonds is 7. The first-order valence-electron chi connectivity index (χ1n) is 10.9. The van der Waals surface area contributed by atoms with Gasteiger partial charge >= 0.3 is 0 Å². The topological polar surface area (TPSA) is 61.4 Å². The summed E-state index contributed by atoms with van der Waals surface area (Å²) in [5.41, 5.74) is 4.85. The molecule has 0 aliphatic carbocycles. The zero-order chi connectivity index (χ0) is 21.7. The second-order valence-electron chi connectivity index (χ2n) is 8.60. The van der Waals surface area contributed by atoms with Gasteiger partial charge < -0.3 is 15.5 Å². The van der Waals surface area contributed by atoms with Crippen LogP contribution in [0.3, 0.4) is 0 Å². The first-order chi connectivity index (χ1) is 14.4. The molecule has 5 heteroatoms. The molecule has 0 spiro atoms. The molecule has 0 unspecified atom stereocenters. The van der Waals surface area contributed by atoms with Crippen molar-refractivity contribution in [3.05, 3.63) is 59.2 Å². The van der Waals surface area contributed by atoms with Crippen LogP contribution in [0.15, 0.2) is 42.5 Å². The number of nitrogens with one attached hydrogen (secondary N) is 2. The van der Waals surface area contributed by atoms with Crippen molar-refractivity contribution in [3.8, 4) is 0 Å². The normalized spacial score (nSPS) is 14.2. The predicted molar refractivity (Wildman–Crippen MR) is 123 cm³/mol. The van der Waals surface area contributed by atoms with Crippen molar-refractivity contribution in [2.45, 2.75) is 59.5 Å². The fourth-order valence-corrected chi connectivity index (χ4v) is 3.76. The summed E-state index contributed by atoms with van der Waals surface area (Å²) in [5.74, 6) is 0.155. The zero-order valence-corrected chi connectivity index (χ0v) is 18.5. The smallest absolute Gasteiger partial charge is 0.253 e. The predicted octanol–water partition coefficient (Wildman–Crippen LogP) is 4.76. The lowest BCUT2D eigenvalue weighted by molar-refractivity contribution is -0.116. The van der Waals surface area contributed by atoms with Crippen molar-refractivity contribution >= 4 is 23.2 Å². The van der Waals surface area contributed by atoms with Gasteiger partial charge in [0.2, 0.25) is 5.91 Å². The van der Waals surface area contributed by atoms with Crippen LogP contribution >= 0.6 is 0 Å². The third-order valence-corrected chi connectivity index (χ3v) is 5.58. The summed E-state index contributed by atoms with van der Waals surface area (Å²) < 4.78 is 0. The standard InChI is InChI=1S/C25H33N3O2/c1-5-18(4)26-25(30)22-15-21(27-24(29)14-17(2)3)10-11-23(22)28-13-12-19-8-6-7-9-20(19)16-28/h6-11,15,17-18H,5,12-14,16H2,1-4H3,(H,26,30)(H,27,29)/t18-/m0/s1. The molecule has 2 N–H and O–H groups in total. The van der Waals surface area contributed by atoms with Crippen LogP contribution in [-0.4, -0.2) is 24.4 Å². The lowest BCUT2D eigenvalue weighted by atomic mass is 9.98. The summed E-state index contributed by atoms with van der Waals surface area (Å²) in [7, 11) is 0. The number of fused-ring (bicyclic) bond motifs is 1. The highest BCUT2D eigenvalue weighted by Crippen LogP contribution is 2.30. The van der Waals surface area contributed by atoms with Crippen molar-refractivity contribution < 1.29 is 9.59 Å². The van der Waals surface area contributed by atoms with Gasteiger partial charge in [0.15, 0.2) is 0 Å². The maximum atomic E-state index is 13.1. The van der Waals surface area contributed by atoms with E-state index < -0.39 is 0 Å². The van der Waals surface area contributed by atoms with E-state index in [0.29, 0.717) is 17.7 Å². The number of hydrogen-bond acceptors (Lipinski definition) is 3. The van der Waals surface area contributed by atoms with E-state index in [1.54, 1.807) is 0 Å². The molecule has 2 amide bonds. The molecular weight excluding hydrogens is 374 g/mol. The van der Waals surface area contributed by atoms with E-state index in [2.05, 4.69) is 46.7 Å². The minimum Gasteiger partial charge on any atom is -0.366 e. The highest BCUT2D eigenvalue weighted by Gasteiger charge is 2.22. The van der Waals surface area contributed by atoms with Gasteiger partial charge in [-0.3, -0.25) is 9.59 Å². The van der Waals surface area contributed by atoms with E-state index in [9.17, 15) is 9.59 Å². The van der Waals surface area contributed by atoms with Gasteiger partial charge in [-0.1, -0.05) is 45.0 Å². The number of carbonyl (C=O) groups excluding carboxylic acids is 2. The van der Waals surface area contributed by atoms with Gasteiger partial charge in [0.25, 0.3) is 5.91 Å². The summed E-state index contributed by atoms with van der Waals surface area (Å²) in [5, 5.41) is 6.02. The van der Waals surface area contributed by atoms with Crippen LogP contribution in [0.25, 0.3) is 0 Å². The van der Waals surface area contributed by atoms with E-state index >= 15 is 0 Å². The van der Waals surface area contributed by atoms with Crippen LogP contribution in [0.4, 0.5) is 11.4 Å². The van der Waals surface area contributed by atoms with E-state index in [0.717, 1.165) is 31.6 Å². The van der Waals surface area contributed by atoms with Crippen molar-refractivity contribution in [1.29, 1.82) is 0 Å². The van der Waals surface area contributed by atoms with Crippen LogP contribution in [0.1, 0.15) is 62.0 Å². The Morgan fingerprint density at radius 1 is 1.07 bits per heavy atom. The molecule has 5 nitrogen and oxygen atoms in total. The molecule has 1 aliphatic rings. The Morgan fingerprint density at radius 3 is 2.50 bits per heavy atom. The highest BCUT2D eigenvalue weighted by atomic mass is 16.2. The minimum atomic E-state index is -0.0989. The Kier molecular flexibility index (Phi) is 7.14. The van der Waals surface area contributed by atoms with Gasteiger partial charge in [-0.15, -0.1) is 0 Å². The average Bonchev–Trinajstić information content (AvgIpc) is 2.72. The minimum absolute atomic E-state index is 0.0297. The number of benzene rings is 2. The third-order valence-electron chi connectivity index (χ3n) is 5.58. The van der Waals surface area contributed by atoms with Crippen molar-refractivity contribution in [2.24, 2.45) is 5.92 Å². The Bertz CT molecular complexity index is 907. The third kappa shape index (κ3) is 5.41. The lowest BCUT2D eigenvalue weighted by Crippen LogP contribution is -2.35. The van der Waals surface area contributed by atoms with E-state index in [-0.39, 0.29) is 23.8 Å². The molecule has 0 bridgehead atoms. The molecule has 0 saturated carbocycles. The molecule has 0 saturated heterocycles. The molecule has 1 aliphatic heterocycles. The van der Waals surface area contributed by atoms with Gasteiger partial charge in [-0.2, -0.15) is 0 Å². The first-order valence-corrected chi connectivity index (χ1v) is 10.9. The second-order valence-corrected chi connectivity index (χ2v) is 8.60. The lowest BCUT2D eigenvalue weighted by Gasteiger charge is -2.32. The molecular formula is C25H33N3O2. The van der Waals surface area contributed by atoms with Crippen molar-refractivity contribution in [1.82, 2.24) is 5.32 Å². The Hall–Kier alpha value is -2.82. The Balaban J connectivity index is 1.89. The van der Waals surface area contributed by atoms with Gasteiger partial charge in [-0.25, -0.2) is 0 Å². The molecule has 0 fully saturated rings. The van der Waals surface area contributed by atoms with Gasteiger partial charge in [0, 0.05) is 36.9 Å². The Labute approximate surface area is 179 Å². The second kappa shape index (κ2) is 9.79. The number of carbonyl (C=O) groups is 2. The molecule has 2 aromatic carbocycles. The largest absolute Gasteiger partial charge is 0.366 e. The van der Waals surface area contributed by atoms with Crippen molar-refractivity contribution in [3.63, 3.8) is 0 Å². The Morgan fingerprint density at radius 2 is 1.80 bits per heavy atom. The quantitative estimate of drug-likeness (QED) is 0.695. The van der Waals surface area contributed by atoms with Gasteiger partial charge in [0.05, 0.1) is 5.56 Å². The molecule has 160 valence electrons. The van der Waals surface area contributed by atoms with E-state index in [4.69, 9.17) is 0 Å². The van der Waals surface area contributed by atoms with Crippen LogP contribution < -0.4 is 15.5 Å². The van der Waals surface area contributed by atoms with E-state index in [1.807, 2.05) is 39.0 Å². The van der Waals surface area contributed by atoms with Crippen LogP contribution in [0.2, 0.25) is 0 Å². The number of amides is 2. The summed E-state index contributed by atoms with van der Waals surface area (Å²) in [6, 6.07) is 14.2. The maximum Gasteiger partial charge on any atom is 0.253 e. The molecule has 1 heterocycles. The van der Waals surface area contributed by atoms with Crippen LogP contribution in [0.5, 0.6) is 0 Å². The van der Waals surface area contributed by atoms with Crippen LogP contribution in [0, 0.1) is 5.92 Å². The molecule has 1 atom stereocenters. The fraction of sp³-hybridized carbons (Fsp3) is 0.440. The number of nitrogens with zero attached hydrogens (tertiary/aromatic N) is 1. The fourth-order valence-electron chi connectivity index (χ4n) is 3.76. The molecule has 3 rings (SSSR count).